The number of rotatable bonds is 5. The number of ether oxygens (including phenoxy) is 1. The minimum Gasteiger partial charge on any atom is -0.488 e. The van der Waals surface area contributed by atoms with Crippen molar-refractivity contribution >= 4 is 28.1 Å². The van der Waals surface area contributed by atoms with Crippen molar-refractivity contribution < 1.29 is 13.9 Å². The lowest BCUT2D eigenvalue weighted by atomic mass is 10.2. The van der Waals surface area contributed by atoms with Gasteiger partial charge in [0.1, 0.15) is 18.2 Å². The van der Waals surface area contributed by atoms with Gasteiger partial charge >= 0.3 is 0 Å². The zero-order valence-corrected chi connectivity index (χ0v) is 13.4. The van der Waals surface area contributed by atoms with Crippen molar-refractivity contribution in [3.8, 4) is 5.75 Å². The molecule has 1 N–H and O–H groups in total. The monoisotopic (exact) mass is 364 g/mol. The van der Waals surface area contributed by atoms with Crippen molar-refractivity contribution in [2.75, 3.05) is 0 Å². The van der Waals surface area contributed by atoms with E-state index in [0.29, 0.717) is 17.9 Å². The van der Waals surface area contributed by atoms with Crippen LogP contribution in [-0.2, 0) is 11.4 Å². The van der Waals surface area contributed by atoms with Gasteiger partial charge in [0, 0.05) is 17.0 Å². The molecule has 0 spiro atoms. The van der Waals surface area contributed by atoms with Gasteiger partial charge in [0.2, 0.25) is 5.91 Å². The molecule has 0 aliphatic heterocycles. The van der Waals surface area contributed by atoms with E-state index in [9.17, 15) is 9.18 Å². The number of hydrogen-bond donors (Lipinski definition) is 1. The molecule has 0 bridgehead atoms. The summed E-state index contributed by atoms with van der Waals surface area (Å²) in [7, 11) is 0. The number of hydrazone groups is 1. The molecule has 114 valence electrons. The number of halogens is 2. The summed E-state index contributed by atoms with van der Waals surface area (Å²) in [5.41, 5.74) is 3.91. The molecule has 6 heteroatoms. The molecule has 0 radical (unpaired) electrons. The van der Waals surface area contributed by atoms with Gasteiger partial charge in [-0.2, -0.15) is 5.10 Å². The van der Waals surface area contributed by atoms with Crippen LogP contribution >= 0.6 is 15.9 Å². The summed E-state index contributed by atoms with van der Waals surface area (Å²) in [6, 6.07) is 11.6. The minimum absolute atomic E-state index is 0.250. The van der Waals surface area contributed by atoms with Crippen LogP contribution in [0.5, 0.6) is 5.75 Å². The zero-order valence-electron chi connectivity index (χ0n) is 11.8. The van der Waals surface area contributed by atoms with Gasteiger partial charge in [-0.05, 0) is 35.9 Å². The summed E-state index contributed by atoms with van der Waals surface area (Å²) in [6.07, 6.45) is 1.51. The van der Waals surface area contributed by atoms with Crippen molar-refractivity contribution in [1.82, 2.24) is 5.43 Å². The quantitative estimate of drug-likeness (QED) is 0.650. The van der Waals surface area contributed by atoms with Crippen LogP contribution in [0.2, 0.25) is 0 Å². The smallest absolute Gasteiger partial charge is 0.236 e. The first-order valence-electron chi connectivity index (χ1n) is 6.51. The van der Waals surface area contributed by atoms with Crippen molar-refractivity contribution in [3.63, 3.8) is 0 Å². The molecule has 0 heterocycles. The Morgan fingerprint density at radius 3 is 2.73 bits per heavy atom. The standard InChI is InChI=1S/C16H14BrFN2O2/c1-11(21)20-19-9-13-8-14(17)4-7-16(13)22-10-12-2-5-15(18)6-3-12/h2-9H,10H2,1H3,(H,20,21). The first-order chi connectivity index (χ1) is 10.5. The highest BCUT2D eigenvalue weighted by atomic mass is 79.9. The van der Waals surface area contributed by atoms with Crippen molar-refractivity contribution in [1.29, 1.82) is 0 Å². The molecule has 0 saturated carbocycles. The lowest BCUT2D eigenvalue weighted by Gasteiger charge is -2.09. The fourth-order valence-electron chi connectivity index (χ4n) is 1.69. The van der Waals surface area contributed by atoms with E-state index >= 15 is 0 Å². The molecule has 2 rings (SSSR count). The van der Waals surface area contributed by atoms with Gasteiger partial charge in [-0.1, -0.05) is 28.1 Å². The van der Waals surface area contributed by atoms with E-state index in [0.717, 1.165) is 10.0 Å². The molecule has 0 unspecified atom stereocenters. The zero-order chi connectivity index (χ0) is 15.9. The fourth-order valence-corrected chi connectivity index (χ4v) is 2.06. The van der Waals surface area contributed by atoms with Gasteiger partial charge in [-0.15, -0.1) is 0 Å². The summed E-state index contributed by atoms with van der Waals surface area (Å²) in [6.45, 7) is 1.69. The van der Waals surface area contributed by atoms with E-state index < -0.39 is 0 Å². The van der Waals surface area contributed by atoms with Crippen LogP contribution in [0.25, 0.3) is 0 Å². The molecular formula is C16H14BrFN2O2. The molecule has 0 saturated heterocycles. The Labute approximate surface area is 136 Å². The van der Waals surface area contributed by atoms with E-state index in [4.69, 9.17) is 4.74 Å². The average molecular weight is 365 g/mol. The Morgan fingerprint density at radius 1 is 1.32 bits per heavy atom. The molecule has 4 nitrogen and oxygen atoms in total. The third-order valence-corrected chi connectivity index (χ3v) is 3.20. The van der Waals surface area contributed by atoms with Crippen molar-refractivity contribution in [2.45, 2.75) is 13.5 Å². The van der Waals surface area contributed by atoms with Crippen molar-refractivity contribution in [3.05, 3.63) is 63.9 Å². The number of hydrogen-bond acceptors (Lipinski definition) is 3. The maximum Gasteiger partial charge on any atom is 0.236 e. The largest absolute Gasteiger partial charge is 0.488 e. The van der Waals surface area contributed by atoms with Gasteiger partial charge in [-0.25, -0.2) is 9.82 Å². The summed E-state index contributed by atoms with van der Waals surface area (Å²) < 4.78 is 19.5. The summed E-state index contributed by atoms with van der Waals surface area (Å²) in [5, 5.41) is 3.83. The van der Waals surface area contributed by atoms with Crippen LogP contribution in [0.4, 0.5) is 4.39 Å². The molecular weight excluding hydrogens is 351 g/mol. The first-order valence-corrected chi connectivity index (χ1v) is 7.30. The molecule has 2 aromatic rings. The number of carbonyl (C=O) groups is 1. The molecule has 1 amide bonds. The lowest BCUT2D eigenvalue weighted by molar-refractivity contribution is -0.118. The third-order valence-electron chi connectivity index (χ3n) is 2.71. The third kappa shape index (κ3) is 4.96. The van der Waals surface area contributed by atoms with Gasteiger partial charge in [-0.3, -0.25) is 4.79 Å². The fraction of sp³-hybridized carbons (Fsp3) is 0.125. The van der Waals surface area contributed by atoms with E-state index in [2.05, 4.69) is 26.5 Å². The van der Waals surface area contributed by atoms with Gasteiger partial charge in [0.25, 0.3) is 0 Å². The molecule has 0 aliphatic rings. The Morgan fingerprint density at radius 2 is 2.05 bits per heavy atom. The topological polar surface area (TPSA) is 50.7 Å². The number of nitrogens with one attached hydrogen (secondary N) is 1. The second kappa shape index (κ2) is 7.70. The van der Waals surface area contributed by atoms with Crippen LogP contribution in [0.3, 0.4) is 0 Å². The second-order valence-electron chi connectivity index (χ2n) is 4.52. The molecule has 0 aromatic heterocycles. The van der Waals surface area contributed by atoms with Crippen LogP contribution in [-0.4, -0.2) is 12.1 Å². The molecule has 22 heavy (non-hydrogen) atoms. The number of amides is 1. The SMILES string of the molecule is CC(=O)NN=Cc1cc(Br)ccc1OCc1ccc(F)cc1. The van der Waals surface area contributed by atoms with E-state index in [1.54, 1.807) is 18.2 Å². The van der Waals surface area contributed by atoms with Gasteiger partial charge in [0.15, 0.2) is 0 Å². The van der Waals surface area contributed by atoms with Crippen molar-refractivity contribution in [2.24, 2.45) is 5.10 Å². The van der Waals surface area contributed by atoms with Crippen LogP contribution in [0.15, 0.2) is 52.0 Å². The Hall–Kier alpha value is -2.21. The Kier molecular flexibility index (Phi) is 5.66. The van der Waals surface area contributed by atoms with Gasteiger partial charge in [0.05, 0.1) is 6.21 Å². The maximum absolute atomic E-state index is 12.9. The van der Waals surface area contributed by atoms with Gasteiger partial charge < -0.3 is 4.74 Å². The average Bonchev–Trinajstić information content (AvgIpc) is 2.48. The Balaban J connectivity index is 2.10. The number of nitrogens with zero attached hydrogens (tertiary/aromatic N) is 1. The predicted octanol–water partition coefficient (Wildman–Crippen LogP) is 3.64. The van der Waals surface area contributed by atoms with Crippen LogP contribution in [0.1, 0.15) is 18.1 Å². The lowest BCUT2D eigenvalue weighted by Crippen LogP contribution is -2.12. The predicted molar refractivity (Wildman–Crippen MR) is 86.3 cm³/mol. The number of carbonyl (C=O) groups excluding carboxylic acids is 1. The normalized spacial score (nSPS) is 10.7. The molecule has 0 aliphatic carbocycles. The van der Waals surface area contributed by atoms with Crippen LogP contribution in [0, 0.1) is 5.82 Å². The van der Waals surface area contributed by atoms with E-state index in [1.165, 1.54) is 25.3 Å². The summed E-state index contributed by atoms with van der Waals surface area (Å²) in [4.78, 5) is 10.8. The summed E-state index contributed by atoms with van der Waals surface area (Å²) >= 11 is 3.37. The minimum atomic E-state index is -0.282. The number of benzene rings is 2. The maximum atomic E-state index is 12.9. The highest BCUT2D eigenvalue weighted by Crippen LogP contribution is 2.22. The first kappa shape index (κ1) is 16.2. The Bertz CT molecular complexity index is 687. The van der Waals surface area contributed by atoms with Crippen LogP contribution < -0.4 is 10.2 Å². The van der Waals surface area contributed by atoms with E-state index in [1.807, 2.05) is 12.1 Å². The molecule has 2 aromatic carbocycles. The summed E-state index contributed by atoms with van der Waals surface area (Å²) in [5.74, 6) is 0.0807. The highest BCUT2D eigenvalue weighted by molar-refractivity contribution is 9.10. The molecule has 0 atom stereocenters. The molecule has 0 fully saturated rings. The highest BCUT2D eigenvalue weighted by Gasteiger charge is 2.04. The van der Waals surface area contributed by atoms with E-state index in [-0.39, 0.29) is 11.7 Å². The second-order valence-corrected chi connectivity index (χ2v) is 5.44.